The van der Waals surface area contributed by atoms with Crippen molar-refractivity contribution >= 4 is 27.5 Å². The Morgan fingerprint density at radius 3 is 2.19 bits per heavy atom. The summed E-state index contributed by atoms with van der Waals surface area (Å²) in [7, 11) is 0. The number of nitrogens with one attached hydrogen (secondary N) is 1. The first kappa shape index (κ1) is 20.6. The molecule has 0 radical (unpaired) electrons. The summed E-state index contributed by atoms with van der Waals surface area (Å²) in [5.74, 6) is -0.0483. The van der Waals surface area contributed by atoms with Crippen LogP contribution in [0.2, 0.25) is 0 Å². The summed E-state index contributed by atoms with van der Waals surface area (Å²) in [4.78, 5) is 17.7. The van der Waals surface area contributed by atoms with E-state index in [9.17, 15) is 4.79 Å². The number of benzene rings is 1. The second-order valence-electron chi connectivity index (χ2n) is 6.75. The fourth-order valence-electron chi connectivity index (χ4n) is 3.40. The minimum absolute atomic E-state index is 0.0483. The van der Waals surface area contributed by atoms with E-state index in [1.54, 1.807) is 0 Å². The molecule has 1 N–H and O–H groups in total. The van der Waals surface area contributed by atoms with Crippen LogP contribution in [0, 0.1) is 13.8 Å². The Morgan fingerprint density at radius 1 is 1.04 bits per heavy atom. The number of pyridine rings is 1. The average Bonchev–Trinajstić information content (AvgIpc) is 2.60. The van der Waals surface area contributed by atoms with Crippen molar-refractivity contribution in [1.29, 1.82) is 0 Å². The van der Waals surface area contributed by atoms with Gasteiger partial charge < -0.3 is 5.32 Å². The van der Waals surface area contributed by atoms with Crippen LogP contribution in [0.1, 0.15) is 72.0 Å². The molecule has 1 amide bonds. The molecule has 3 nitrogen and oxygen atoms in total. The summed E-state index contributed by atoms with van der Waals surface area (Å²) >= 11 is 3.58. The maximum atomic E-state index is 13.2. The molecule has 0 saturated carbocycles. The van der Waals surface area contributed by atoms with Crippen LogP contribution >= 0.6 is 15.9 Å². The van der Waals surface area contributed by atoms with Gasteiger partial charge in [0, 0.05) is 15.9 Å². The fourth-order valence-corrected chi connectivity index (χ4v) is 3.96. The van der Waals surface area contributed by atoms with Crippen molar-refractivity contribution in [2.75, 3.05) is 5.32 Å². The molecular formula is C22H29BrN2O. The van der Waals surface area contributed by atoms with Crippen molar-refractivity contribution in [2.45, 2.75) is 66.7 Å². The molecule has 0 aliphatic carbocycles. The number of carbonyl (C=O) groups is 1. The Labute approximate surface area is 165 Å². The predicted molar refractivity (Wildman–Crippen MR) is 113 cm³/mol. The largest absolute Gasteiger partial charge is 0.321 e. The van der Waals surface area contributed by atoms with Crippen LogP contribution in [-0.4, -0.2) is 10.9 Å². The van der Waals surface area contributed by atoms with E-state index in [-0.39, 0.29) is 5.91 Å². The molecule has 0 spiro atoms. The first-order valence-electron chi connectivity index (χ1n) is 9.50. The number of hydrogen-bond donors (Lipinski definition) is 1. The van der Waals surface area contributed by atoms with Gasteiger partial charge in [-0.05, 0) is 74.4 Å². The zero-order valence-electron chi connectivity index (χ0n) is 16.5. The van der Waals surface area contributed by atoms with Gasteiger partial charge in [-0.15, -0.1) is 0 Å². The highest BCUT2D eigenvalue weighted by molar-refractivity contribution is 9.10. The van der Waals surface area contributed by atoms with Crippen LogP contribution in [0.15, 0.2) is 22.7 Å². The van der Waals surface area contributed by atoms with E-state index in [0.717, 1.165) is 75.9 Å². The third-order valence-electron chi connectivity index (χ3n) is 4.70. The number of nitrogens with zero attached hydrogens (tertiary/aromatic N) is 1. The molecule has 0 aliphatic heterocycles. The molecule has 0 bridgehead atoms. The molecule has 4 heteroatoms. The molecule has 0 aliphatic rings. The summed E-state index contributed by atoms with van der Waals surface area (Å²) < 4.78 is 1.06. The molecule has 2 rings (SSSR count). The van der Waals surface area contributed by atoms with Gasteiger partial charge in [-0.2, -0.15) is 0 Å². The number of unbranched alkanes of at least 4 members (excludes halogenated alkanes) is 1. The lowest BCUT2D eigenvalue weighted by atomic mass is 9.98. The SMILES string of the molecule is CCCCc1cc(C)nc(C)c1C(=O)Nc1c(CC)cc(Br)cc1CC. The number of rotatable bonds is 7. The van der Waals surface area contributed by atoms with Gasteiger partial charge in [0.15, 0.2) is 0 Å². The van der Waals surface area contributed by atoms with E-state index in [0.29, 0.717) is 0 Å². The summed E-state index contributed by atoms with van der Waals surface area (Å²) in [6, 6.07) is 6.24. The highest BCUT2D eigenvalue weighted by Crippen LogP contribution is 2.29. The van der Waals surface area contributed by atoms with E-state index in [4.69, 9.17) is 0 Å². The summed E-state index contributed by atoms with van der Waals surface area (Å²) in [6.07, 6.45) is 4.83. The first-order chi connectivity index (χ1) is 12.4. The summed E-state index contributed by atoms with van der Waals surface area (Å²) in [5, 5.41) is 3.20. The van der Waals surface area contributed by atoms with Crippen LogP contribution in [0.4, 0.5) is 5.69 Å². The molecule has 26 heavy (non-hydrogen) atoms. The smallest absolute Gasteiger partial charge is 0.257 e. The van der Waals surface area contributed by atoms with Gasteiger partial charge >= 0.3 is 0 Å². The number of amides is 1. The van der Waals surface area contributed by atoms with Gasteiger partial charge in [0.2, 0.25) is 0 Å². The van der Waals surface area contributed by atoms with Crippen LogP contribution < -0.4 is 5.32 Å². The number of halogens is 1. The summed E-state index contributed by atoms with van der Waals surface area (Å²) in [5.41, 5.74) is 6.86. The van der Waals surface area contributed by atoms with Crippen molar-refractivity contribution in [3.05, 3.63) is 56.3 Å². The number of carbonyl (C=O) groups excluding carboxylic acids is 1. The van der Waals surface area contributed by atoms with E-state index >= 15 is 0 Å². The molecule has 0 fully saturated rings. The Kier molecular flexibility index (Phi) is 7.39. The Balaban J connectivity index is 2.45. The topological polar surface area (TPSA) is 42.0 Å². The normalized spacial score (nSPS) is 10.8. The Bertz CT molecular complexity index is 774. The molecule has 2 aromatic rings. The van der Waals surface area contributed by atoms with Crippen LogP contribution in [0.25, 0.3) is 0 Å². The van der Waals surface area contributed by atoms with Gasteiger partial charge in [0.05, 0.1) is 11.3 Å². The standard InChI is InChI=1S/C22H29BrN2O/c1-6-9-10-18-11-14(4)24-15(5)20(18)22(26)25-21-16(7-2)12-19(23)13-17(21)8-3/h11-13H,6-10H2,1-5H3,(H,25,26). The number of anilines is 1. The molecule has 0 saturated heterocycles. The molecule has 1 aromatic heterocycles. The van der Waals surface area contributed by atoms with E-state index in [1.165, 1.54) is 0 Å². The number of aryl methyl sites for hydroxylation is 5. The number of hydrogen-bond acceptors (Lipinski definition) is 2. The van der Waals surface area contributed by atoms with Crippen molar-refractivity contribution in [3.63, 3.8) is 0 Å². The molecular weight excluding hydrogens is 388 g/mol. The quantitative estimate of drug-likeness (QED) is 0.585. The third-order valence-corrected chi connectivity index (χ3v) is 5.16. The second kappa shape index (κ2) is 9.31. The van der Waals surface area contributed by atoms with E-state index < -0.39 is 0 Å². The minimum Gasteiger partial charge on any atom is -0.321 e. The van der Waals surface area contributed by atoms with Crippen molar-refractivity contribution in [3.8, 4) is 0 Å². The lowest BCUT2D eigenvalue weighted by Crippen LogP contribution is -2.19. The highest BCUT2D eigenvalue weighted by Gasteiger charge is 2.19. The summed E-state index contributed by atoms with van der Waals surface area (Å²) in [6.45, 7) is 10.3. The monoisotopic (exact) mass is 416 g/mol. The Morgan fingerprint density at radius 2 is 1.65 bits per heavy atom. The average molecular weight is 417 g/mol. The maximum absolute atomic E-state index is 13.2. The van der Waals surface area contributed by atoms with E-state index in [2.05, 4.69) is 65.2 Å². The molecule has 1 aromatic carbocycles. The van der Waals surface area contributed by atoms with Gasteiger partial charge in [0.25, 0.3) is 5.91 Å². The zero-order chi connectivity index (χ0) is 19.3. The Hall–Kier alpha value is -1.68. The zero-order valence-corrected chi connectivity index (χ0v) is 18.1. The minimum atomic E-state index is -0.0483. The van der Waals surface area contributed by atoms with Crippen LogP contribution in [-0.2, 0) is 19.3 Å². The van der Waals surface area contributed by atoms with Crippen LogP contribution in [0.3, 0.4) is 0 Å². The third kappa shape index (κ3) is 4.73. The van der Waals surface area contributed by atoms with Gasteiger partial charge in [-0.1, -0.05) is 43.1 Å². The predicted octanol–water partition coefficient (Wildman–Crippen LogP) is 6.18. The van der Waals surface area contributed by atoms with Crippen LogP contribution in [0.5, 0.6) is 0 Å². The van der Waals surface area contributed by atoms with Gasteiger partial charge in [-0.3, -0.25) is 9.78 Å². The van der Waals surface area contributed by atoms with Gasteiger partial charge in [-0.25, -0.2) is 0 Å². The molecule has 1 heterocycles. The number of aromatic nitrogens is 1. The van der Waals surface area contributed by atoms with Crippen molar-refractivity contribution < 1.29 is 4.79 Å². The molecule has 140 valence electrons. The fraction of sp³-hybridized carbons (Fsp3) is 0.455. The lowest BCUT2D eigenvalue weighted by Gasteiger charge is -2.18. The van der Waals surface area contributed by atoms with Crippen molar-refractivity contribution in [2.24, 2.45) is 0 Å². The molecule has 0 unspecified atom stereocenters. The second-order valence-corrected chi connectivity index (χ2v) is 7.66. The molecule has 0 atom stereocenters. The maximum Gasteiger partial charge on any atom is 0.257 e. The first-order valence-corrected chi connectivity index (χ1v) is 10.3. The highest BCUT2D eigenvalue weighted by atomic mass is 79.9. The van der Waals surface area contributed by atoms with E-state index in [1.807, 2.05) is 13.8 Å². The van der Waals surface area contributed by atoms with Gasteiger partial charge in [0.1, 0.15) is 0 Å². The lowest BCUT2D eigenvalue weighted by molar-refractivity contribution is 0.102. The van der Waals surface area contributed by atoms with Crippen molar-refractivity contribution in [1.82, 2.24) is 4.98 Å².